The Morgan fingerprint density at radius 2 is 2.13 bits per heavy atom. The lowest BCUT2D eigenvalue weighted by Gasteiger charge is -2.37. The molecule has 1 saturated heterocycles. The van der Waals surface area contributed by atoms with E-state index >= 15 is 0 Å². The van der Waals surface area contributed by atoms with E-state index in [1.807, 2.05) is 13.8 Å². The van der Waals surface area contributed by atoms with Crippen LogP contribution >= 0.6 is 0 Å². The molecule has 0 aliphatic carbocycles. The summed E-state index contributed by atoms with van der Waals surface area (Å²) >= 11 is 0. The lowest BCUT2D eigenvalue weighted by molar-refractivity contribution is -0.0148. The molecule has 2 atom stereocenters. The van der Waals surface area contributed by atoms with Crippen molar-refractivity contribution in [2.75, 3.05) is 26.7 Å². The highest BCUT2D eigenvalue weighted by molar-refractivity contribution is 4.79. The molecule has 1 fully saturated rings. The SMILES string of the molecule is COC1CN(CCC(C)(C)O)CCC1C. The van der Waals surface area contributed by atoms with Crippen molar-refractivity contribution in [3.05, 3.63) is 0 Å². The van der Waals surface area contributed by atoms with Crippen molar-refractivity contribution in [2.45, 2.75) is 45.3 Å². The highest BCUT2D eigenvalue weighted by atomic mass is 16.5. The van der Waals surface area contributed by atoms with Gasteiger partial charge in [-0.2, -0.15) is 0 Å². The Labute approximate surface area is 93.4 Å². The van der Waals surface area contributed by atoms with Gasteiger partial charge in [0.1, 0.15) is 0 Å². The zero-order valence-corrected chi connectivity index (χ0v) is 10.5. The molecule has 2 unspecified atom stereocenters. The molecule has 3 heteroatoms. The van der Waals surface area contributed by atoms with E-state index in [9.17, 15) is 5.11 Å². The van der Waals surface area contributed by atoms with Gasteiger partial charge >= 0.3 is 0 Å². The summed E-state index contributed by atoms with van der Waals surface area (Å²) in [6.07, 6.45) is 2.39. The van der Waals surface area contributed by atoms with Gasteiger partial charge in [-0.1, -0.05) is 6.92 Å². The summed E-state index contributed by atoms with van der Waals surface area (Å²) in [5, 5.41) is 9.67. The van der Waals surface area contributed by atoms with Gasteiger partial charge in [0.15, 0.2) is 0 Å². The van der Waals surface area contributed by atoms with Gasteiger partial charge in [-0.15, -0.1) is 0 Å². The molecule has 0 aromatic heterocycles. The molecule has 0 amide bonds. The van der Waals surface area contributed by atoms with Gasteiger partial charge in [-0.05, 0) is 39.2 Å². The maximum atomic E-state index is 9.67. The summed E-state index contributed by atoms with van der Waals surface area (Å²) in [4.78, 5) is 2.39. The Bertz CT molecular complexity index is 189. The summed E-state index contributed by atoms with van der Waals surface area (Å²) in [6.45, 7) is 9.10. The van der Waals surface area contributed by atoms with Gasteiger partial charge < -0.3 is 14.7 Å². The van der Waals surface area contributed by atoms with E-state index in [1.54, 1.807) is 7.11 Å². The maximum absolute atomic E-state index is 9.67. The molecule has 1 heterocycles. The van der Waals surface area contributed by atoms with E-state index < -0.39 is 5.60 Å². The van der Waals surface area contributed by atoms with Crippen molar-refractivity contribution in [3.8, 4) is 0 Å². The van der Waals surface area contributed by atoms with Crippen LogP contribution in [0.15, 0.2) is 0 Å². The Morgan fingerprint density at radius 1 is 1.47 bits per heavy atom. The summed E-state index contributed by atoms with van der Waals surface area (Å²) in [7, 11) is 1.79. The van der Waals surface area contributed by atoms with Crippen LogP contribution < -0.4 is 0 Å². The molecule has 0 spiro atoms. The average molecular weight is 215 g/mol. The Morgan fingerprint density at radius 3 is 2.67 bits per heavy atom. The van der Waals surface area contributed by atoms with E-state index in [4.69, 9.17) is 4.74 Å². The number of likely N-dealkylation sites (tertiary alicyclic amines) is 1. The third-order valence-electron chi connectivity index (χ3n) is 3.32. The number of piperidine rings is 1. The minimum atomic E-state index is -0.550. The van der Waals surface area contributed by atoms with Gasteiger partial charge in [0.05, 0.1) is 11.7 Å². The Balaban J connectivity index is 2.32. The molecule has 1 aliphatic heterocycles. The molecule has 1 N–H and O–H groups in total. The molecule has 15 heavy (non-hydrogen) atoms. The molecule has 3 nitrogen and oxygen atoms in total. The van der Waals surface area contributed by atoms with Gasteiger partial charge in [-0.25, -0.2) is 0 Å². The van der Waals surface area contributed by atoms with Crippen LogP contribution in [0.25, 0.3) is 0 Å². The van der Waals surface area contributed by atoms with Crippen molar-refractivity contribution in [1.29, 1.82) is 0 Å². The number of hydrogen-bond donors (Lipinski definition) is 1. The predicted molar refractivity (Wildman–Crippen MR) is 61.9 cm³/mol. The maximum Gasteiger partial charge on any atom is 0.0724 e. The number of methoxy groups -OCH3 is 1. The summed E-state index contributed by atoms with van der Waals surface area (Å²) in [6, 6.07) is 0. The average Bonchev–Trinajstić information content (AvgIpc) is 2.15. The fourth-order valence-electron chi connectivity index (χ4n) is 2.04. The first kappa shape index (κ1) is 12.9. The molecule has 0 aromatic rings. The van der Waals surface area contributed by atoms with Crippen LogP contribution in [0.5, 0.6) is 0 Å². The first-order valence-electron chi connectivity index (χ1n) is 5.90. The fourth-order valence-corrected chi connectivity index (χ4v) is 2.04. The van der Waals surface area contributed by atoms with Crippen LogP contribution in [0.2, 0.25) is 0 Å². The number of ether oxygens (including phenoxy) is 1. The number of nitrogens with zero attached hydrogens (tertiary/aromatic N) is 1. The van der Waals surface area contributed by atoms with Gasteiger partial charge in [0.25, 0.3) is 0 Å². The van der Waals surface area contributed by atoms with Gasteiger partial charge in [-0.3, -0.25) is 0 Å². The first-order chi connectivity index (χ1) is 6.92. The van der Waals surface area contributed by atoms with Crippen molar-refractivity contribution in [3.63, 3.8) is 0 Å². The van der Waals surface area contributed by atoms with Crippen molar-refractivity contribution in [1.82, 2.24) is 4.90 Å². The molecular formula is C12H25NO2. The number of aliphatic hydroxyl groups is 1. The molecule has 1 rings (SSSR count). The highest BCUT2D eigenvalue weighted by Gasteiger charge is 2.26. The van der Waals surface area contributed by atoms with Crippen molar-refractivity contribution < 1.29 is 9.84 Å². The van der Waals surface area contributed by atoms with E-state index in [0.717, 1.165) is 26.1 Å². The zero-order chi connectivity index (χ0) is 11.5. The Hall–Kier alpha value is -0.120. The minimum absolute atomic E-state index is 0.362. The van der Waals surface area contributed by atoms with Crippen LogP contribution in [0.4, 0.5) is 0 Å². The van der Waals surface area contributed by atoms with Crippen LogP contribution in [-0.4, -0.2) is 48.5 Å². The number of rotatable bonds is 4. The van der Waals surface area contributed by atoms with Gasteiger partial charge in [0, 0.05) is 20.2 Å². The zero-order valence-electron chi connectivity index (χ0n) is 10.5. The first-order valence-corrected chi connectivity index (χ1v) is 5.90. The topological polar surface area (TPSA) is 32.7 Å². The molecule has 0 bridgehead atoms. The van der Waals surface area contributed by atoms with Gasteiger partial charge in [0.2, 0.25) is 0 Å². The second-order valence-corrected chi connectivity index (χ2v) is 5.40. The molecule has 1 aliphatic rings. The van der Waals surface area contributed by atoms with E-state index in [-0.39, 0.29) is 0 Å². The van der Waals surface area contributed by atoms with Crippen LogP contribution in [0.3, 0.4) is 0 Å². The minimum Gasteiger partial charge on any atom is -0.390 e. The van der Waals surface area contributed by atoms with Crippen LogP contribution in [-0.2, 0) is 4.74 Å². The van der Waals surface area contributed by atoms with E-state index in [1.165, 1.54) is 6.42 Å². The third kappa shape index (κ3) is 4.49. The number of hydrogen-bond acceptors (Lipinski definition) is 3. The highest BCUT2D eigenvalue weighted by Crippen LogP contribution is 2.20. The molecule has 90 valence electrons. The largest absolute Gasteiger partial charge is 0.390 e. The molecule has 0 saturated carbocycles. The summed E-state index contributed by atoms with van der Waals surface area (Å²) in [5.41, 5.74) is -0.550. The van der Waals surface area contributed by atoms with E-state index in [2.05, 4.69) is 11.8 Å². The van der Waals surface area contributed by atoms with Crippen LogP contribution in [0, 0.1) is 5.92 Å². The van der Waals surface area contributed by atoms with Crippen LogP contribution in [0.1, 0.15) is 33.6 Å². The third-order valence-corrected chi connectivity index (χ3v) is 3.32. The predicted octanol–water partition coefficient (Wildman–Crippen LogP) is 1.50. The lowest BCUT2D eigenvalue weighted by atomic mass is 9.95. The second kappa shape index (κ2) is 5.28. The normalized spacial score (nSPS) is 29.4. The monoisotopic (exact) mass is 215 g/mol. The van der Waals surface area contributed by atoms with Crippen molar-refractivity contribution in [2.24, 2.45) is 5.92 Å². The summed E-state index contributed by atoms with van der Waals surface area (Å²) in [5.74, 6) is 0.661. The van der Waals surface area contributed by atoms with Crippen molar-refractivity contribution >= 4 is 0 Å². The second-order valence-electron chi connectivity index (χ2n) is 5.40. The van der Waals surface area contributed by atoms with E-state index in [0.29, 0.717) is 12.0 Å². The fraction of sp³-hybridized carbons (Fsp3) is 1.00. The molecule has 0 aromatic carbocycles. The standard InChI is InChI=1S/C12H25NO2/c1-10-5-7-13(9-11(10)15-4)8-6-12(2,3)14/h10-11,14H,5-9H2,1-4H3. The lowest BCUT2D eigenvalue weighted by Crippen LogP contribution is -2.45. The molecule has 0 radical (unpaired) electrons. The Kier molecular flexibility index (Phi) is 4.56. The molecular weight excluding hydrogens is 190 g/mol. The smallest absolute Gasteiger partial charge is 0.0724 e. The summed E-state index contributed by atoms with van der Waals surface area (Å²) < 4.78 is 5.46. The quantitative estimate of drug-likeness (QED) is 0.771.